The molecule has 0 aromatic carbocycles. The first kappa shape index (κ1) is 10.6. The highest BCUT2D eigenvalue weighted by Gasteiger charge is 2.27. The number of sulfone groups is 1. The van der Waals surface area contributed by atoms with Gasteiger partial charge in [0.25, 0.3) is 0 Å². The summed E-state index contributed by atoms with van der Waals surface area (Å²) in [5, 5.41) is 3.13. The standard InChI is InChI=1S/C9H14N2O3S/c1-7-4-11-9(14-7)5-10-8-2-3-15(12,13)6-8/h4,8,10H,2-3,5-6H2,1H3. The fraction of sp³-hybridized carbons (Fsp3) is 0.667. The van der Waals surface area contributed by atoms with E-state index in [4.69, 9.17) is 4.42 Å². The Kier molecular flexibility index (Phi) is 2.79. The van der Waals surface area contributed by atoms with Crippen LogP contribution < -0.4 is 5.32 Å². The second-order valence-corrected chi connectivity index (χ2v) is 6.07. The van der Waals surface area contributed by atoms with Crippen LogP contribution in [0.1, 0.15) is 18.1 Å². The van der Waals surface area contributed by atoms with Gasteiger partial charge in [0.05, 0.1) is 24.2 Å². The molecule has 6 heteroatoms. The van der Waals surface area contributed by atoms with Crippen molar-refractivity contribution in [1.29, 1.82) is 0 Å². The van der Waals surface area contributed by atoms with Crippen molar-refractivity contribution >= 4 is 9.84 Å². The Hall–Kier alpha value is -0.880. The van der Waals surface area contributed by atoms with Gasteiger partial charge in [-0.25, -0.2) is 13.4 Å². The second kappa shape index (κ2) is 3.94. The fourth-order valence-electron chi connectivity index (χ4n) is 1.67. The highest BCUT2D eigenvalue weighted by atomic mass is 32.2. The topological polar surface area (TPSA) is 72.2 Å². The average molecular weight is 230 g/mol. The molecule has 0 amide bonds. The third-order valence-electron chi connectivity index (χ3n) is 2.44. The first-order valence-corrected chi connectivity index (χ1v) is 6.72. The van der Waals surface area contributed by atoms with Crippen molar-refractivity contribution < 1.29 is 12.8 Å². The van der Waals surface area contributed by atoms with Gasteiger partial charge in [0.15, 0.2) is 9.84 Å². The number of nitrogens with one attached hydrogen (secondary N) is 1. The van der Waals surface area contributed by atoms with E-state index in [0.717, 1.165) is 5.76 Å². The SMILES string of the molecule is Cc1cnc(CNC2CCS(=O)(=O)C2)o1. The Morgan fingerprint density at radius 3 is 3.00 bits per heavy atom. The molecule has 1 aromatic rings. The molecule has 1 aromatic heterocycles. The highest BCUT2D eigenvalue weighted by Crippen LogP contribution is 2.12. The zero-order valence-corrected chi connectivity index (χ0v) is 9.38. The van der Waals surface area contributed by atoms with Gasteiger partial charge in [-0.15, -0.1) is 0 Å². The van der Waals surface area contributed by atoms with E-state index in [1.807, 2.05) is 6.92 Å². The molecule has 0 bridgehead atoms. The molecule has 0 aliphatic carbocycles. The lowest BCUT2D eigenvalue weighted by atomic mass is 10.3. The van der Waals surface area contributed by atoms with Crippen LogP contribution in [0.4, 0.5) is 0 Å². The van der Waals surface area contributed by atoms with Gasteiger partial charge >= 0.3 is 0 Å². The number of rotatable bonds is 3. The van der Waals surface area contributed by atoms with Crippen molar-refractivity contribution in [2.75, 3.05) is 11.5 Å². The van der Waals surface area contributed by atoms with E-state index >= 15 is 0 Å². The van der Waals surface area contributed by atoms with Gasteiger partial charge in [-0.1, -0.05) is 0 Å². The van der Waals surface area contributed by atoms with Crippen molar-refractivity contribution in [3.8, 4) is 0 Å². The third-order valence-corrected chi connectivity index (χ3v) is 4.21. The van der Waals surface area contributed by atoms with Crippen LogP contribution in [0.15, 0.2) is 10.6 Å². The van der Waals surface area contributed by atoms with Crippen LogP contribution in [0.25, 0.3) is 0 Å². The Labute approximate surface area is 88.8 Å². The fourth-order valence-corrected chi connectivity index (χ4v) is 3.38. The van der Waals surface area contributed by atoms with Crippen LogP contribution in [0.2, 0.25) is 0 Å². The highest BCUT2D eigenvalue weighted by molar-refractivity contribution is 7.91. The molecule has 1 aliphatic heterocycles. The van der Waals surface area contributed by atoms with E-state index in [1.165, 1.54) is 0 Å². The molecule has 2 rings (SSSR count). The minimum absolute atomic E-state index is 0.0437. The quantitative estimate of drug-likeness (QED) is 0.806. The first-order chi connectivity index (χ1) is 7.05. The Bertz CT molecular complexity index is 438. The average Bonchev–Trinajstić information content (AvgIpc) is 2.69. The summed E-state index contributed by atoms with van der Waals surface area (Å²) in [6, 6.07) is 0.0437. The van der Waals surface area contributed by atoms with Crippen LogP contribution in [-0.4, -0.2) is 30.9 Å². The molecule has 1 atom stereocenters. The predicted molar refractivity (Wildman–Crippen MR) is 55.1 cm³/mol. The lowest BCUT2D eigenvalue weighted by molar-refractivity contribution is 0.430. The molecule has 1 unspecified atom stereocenters. The molecule has 2 heterocycles. The second-order valence-electron chi connectivity index (χ2n) is 3.85. The van der Waals surface area contributed by atoms with Gasteiger partial charge < -0.3 is 9.73 Å². The monoisotopic (exact) mass is 230 g/mol. The van der Waals surface area contributed by atoms with Crippen LogP contribution in [0, 0.1) is 6.92 Å². The van der Waals surface area contributed by atoms with Gasteiger partial charge in [-0.3, -0.25) is 0 Å². The Morgan fingerprint density at radius 2 is 2.47 bits per heavy atom. The van der Waals surface area contributed by atoms with Crippen LogP contribution >= 0.6 is 0 Å². The van der Waals surface area contributed by atoms with Crippen molar-refractivity contribution in [2.24, 2.45) is 0 Å². The summed E-state index contributed by atoms with van der Waals surface area (Å²) in [5.74, 6) is 1.89. The molecule has 1 fully saturated rings. The lowest BCUT2D eigenvalue weighted by Crippen LogP contribution is -2.29. The first-order valence-electron chi connectivity index (χ1n) is 4.90. The van der Waals surface area contributed by atoms with E-state index in [9.17, 15) is 8.42 Å². The van der Waals surface area contributed by atoms with Gasteiger partial charge in [-0.2, -0.15) is 0 Å². The zero-order chi connectivity index (χ0) is 10.9. The smallest absolute Gasteiger partial charge is 0.208 e. The van der Waals surface area contributed by atoms with Gasteiger partial charge in [0.2, 0.25) is 5.89 Å². The summed E-state index contributed by atoms with van der Waals surface area (Å²) in [6.45, 7) is 2.32. The molecular weight excluding hydrogens is 216 g/mol. The van der Waals surface area contributed by atoms with Crippen molar-refractivity contribution in [1.82, 2.24) is 10.3 Å². The number of oxazole rings is 1. The number of aromatic nitrogens is 1. The van der Waals surface area contributed by atoms with Crippen molar-refractivity contribution in [3.05, 3.63) is 17.8 Å². The van der Waals surface area contributed by atoms with E-state index < -0.39 is 9.84 Å². The zero-order valence-electron chi connectivity index (χ0n) is 8.56. The van der Waals surface area contributed by atoms with E-state index in [-0.39, 0.29) is 17.5 Å². The maximum absolute atomic E-state index is 11.2. The third kappa shape index (κ3) is 2.79. The molecular formula is C9H14N2O3S. The predicted octanol–water partition coefficient (Wildman–Crippen LogP) is 0.260. The summed E-state index contributed by atoms with van der Waals surface area (Å²) >= 11 is 0. The van der Waals surface area contributed by atoms with Crippen molar-refractivity contribution in [3.63, 3.8) is 0 Å². The minimum Gasteiger partial charge on any atom is -0.445 e. The molecule has 5 nitrogen and oxygen atoms in total. The summed E-state index contributed by atoms with van der Waals surface area (Å²) in [7, 11) is -2.81. The molecule has 84 valence electrons. The number of hydrogen-bond acceptors (Lipinski definition) is 5. The Morgan fingerprint density at radius 1 is 1.67 bits per heavy atom. The normalized spacial score (nSPS) is 24.5. The van der Waals surface area contributed by atoms with Crippen LogP contribution in [0.5, 0.6) is 0 Å². The van der Waals surface area contributed by atoms with Crippen LogP contribution in [-0.2, 0) is 16.4 Å². The minimum atomic E-state index is -2.81. The molecule has 1 aliphatic rings. The molecule has 0 radical (unpaired) electrons. The molecule has 1 saturated heterocycles. The maximum atomic E-state index is 11.2. The molecule has 0 saturated carbocycles. The molecule has 1 N–H and O–H groups in total. The maximum Gasteiger partial charge on any atom is 0.208 e. The van der Waals surface area contributed by atoms with Crippen molar-refractivity contribution in [2.45, 2.75) is 25.9 Å². The lowest BCUT2D eigenvalue weighted by Gasteiger charge is -2.07. The number of aryl methyl sites for hydroxylation is 1. The van der Waals surface area contributed by atoms with E-state index in [1.54, 1.807) is 6.20 Å². The van der Waals surface area contributed by atoms with Gasteiger partial charge in [0, 0.05) is 6.04 Å². The molecule has 15 heavy (non-hydrogen) atoms. The number of hydrogen-bond donors (Lipinski definition) is 1. The van der Waals surface area contributed by atoms with Crippen LogP contribution in [0.3, 0.4) is 0 Å². The molecule has 0 spiro atoms. The largest absolute Gasteiger partial charge is 0.445 e. The summed E-state index contributed by atoms with van der Waals surface area (Å²) < 4.78 is 27.6. The number of nitrogens with zero attached hydrogens (tertiary/aromatic N) is 1. The van der Waals surface area contributed by atoms with E-state index in [2.05, 4.69) is 10.3 Å². The van der Waals surface area contributed by atoms with Gasteiger partial charge in [0.1, 0.15) is 5.76 Å². The summed E-state index contributed by atoms with van der Waals surface area (Å²) in [4.78, 5) is 4.03. The van der Waals surface area contributed by atoms with E-state index in [0.29, 0.717) is 18.9 Å². The summed E-state index contributed by atoms with van der Waals surface area (Å²) in [6.07, 6.45) is 2.34. The Balaban J connectivity index is 1.85. The summed E-state index contributed by atoms with van der Waals surface area (Å²) in [5.41, 5.74) is 0. The van der Waals surface area contributed by atoms with Gasteiger partial charge in [-0.05, 0) is 13.3 Å².